The fourth-order valence-electron chi connectivity index (χ4n) is 2.97. The van der Waals surface area contributed by atoms with Gasteiger partial charge in [-0.15, -0.1) is 11.3 Å². The highest BCUT2D eigenvalue weighted by molar-refractivity contribution is 7.17. The summed E-state index contributed by atoms with van der Waals surface area (Å²) in [6.45, 7) is 2.74. The third-order valence-corrected chi connectivity index (χ3v) is 5.39. The average Bonchev–Trinajstić information content (AvgIpc) is 3.19. The number of thiophene rings is 1. The standard InChI is InChI=1S/C20H22N2O3S/c1-2-12-25-14-9-6-13(7-10-14)8-11-17(23)22-20-18(19(21)24)15-4-3-5-16(15)26-20/h6-11H,2-5,12H2,1H3,(H2,21,24)(H,22,23)/b11-8+. The number of primary amides is 1. The predicted octanol–water partition coefficient (Wildman–Crippen LogP) is 3.78. The minimum absolute atomic E-state index is 0.279. The van der Waals surface area contributed by atoms with E-state index in [1.165, 1.54) is 17.4 Å². The quantitative estimate of drug-likeness (QED) is 0.728. The third-order valence-electron chi connectivity index (χ3n) is 4.18. The van der Waals surface area contributed by atoms with Crippen LogP contribution in [0.3, 0.4) is 0 Å². The maximum absolute atomic E-state index is 12.2. The summed E-state index contributed by atoms with van der Waals surface area (Å²) in [5.74, 6) is 0.0535. The molecule has 3 rings (SSSR count). The number of rotatable bonds is 7. The number of aryl methyl sites for hydroxylation is 1. The topological polar surface area (TPSA) is 81.4 Å². The van der Waals surface area contributed by atoms with Crippen molar-refractivity contribution in [3.63, 3.8) is 0 Å². The Labute approximate surface area is 156 Å². The molecule has 0 fully saturated rings. The lowest BCUT2D eigenvalue weighted by Crippen LogP contribution is -2.16. The van der Waals surface area contributed by atoms with E-state index in [2.05, 4.69) is 12.2 Å². The first-order valence-corrected chi connectivity index (χ1v) is 9.56. The van der Waals surface area contributed by atoms with E-state index in [9.17, 15) is 9.59 Å². The molecule has 0 bridgehead atoms. The van der Waals surface area contributed by atoms with Gasteiger partial charge < -0.3 is 15.8 Å². The first-order valence-electron chi connectivity index (χ1n) is 8.74. The van der Waals surface area contributed by atoms with E-state index in [1.54, 1.807) is 6.08 Å². The van der Waals surface area contributed by atoms with Crippen LogP contribution in [-0.4, -0.2) is 18.4 Å². The zero-order chi connectivity index (χ0) is 18.5. The molecule has 0 unspecified atom stereocenters. The van der Waals surface area contributed by atoms with Crippen molar-refractivity contribution in [3.8, 4) is 5.75 Å². The molecule has 1 aromatic carbocycles. The number of fused-ring (bicyclic) bond motifs is 1. The van der Waals surface area contributed by atoms with Crippen LogP contribution in [0.4, 0.5) is 5.00 Å². The summed E-state index contributed by atoms with van der Waals surface area (Å²) in [5.41, 5.74) is 7.88. The van der Waals surface area contributed by atoms with Gasteiger partial charge in [-0.1, -0.05) is 19.1 Å². The van der Waals surface area contributed by atoms with Crippen LogP contribution in [0.1, 0.15) is 46.1 Å². The van der Waals surface area contributed by atoms with Crippen molar-refractivity contribution in [3.05, 3.63) is 51.9 Å². The lowest BCUT2D eigenvalue weighted by Gasteiger charge is -2.04. The smallest absolute Gasteiger partial charge is 0.251 e. The van der Waals surface area contributed by atoms with Gasteiger partial charge in [0.05, 0.1) is 12.2 Å². The summed E-state index contributed by atoms with van der Waals surface area (Å²) in [5, 5.41) is 3.35. The van der Waals surface area contributed by atoms with Crippen molar-refractivity contribution in [2.75, 3.05) is 11.9 Å². The van der Waals surface area contributed by atoms with Gasteiger partial charge in [-0.05, 0) is 55.0 Å². The second-order valence-corrected chi connectivity index (χ2v) is 7.27. The number of carbonyl (C=O) groups excluding carboxylic acids is 2. The monoisotopic (exact) mass is 370 g/mol. The molecule has 0 atom stereocenters. The molecule has 0 aliphatic heterocycles. The largest absolute Gasteiger partial charge is 0.494 e. The molecule has 6 heteroatoms. The maximum Gasteiger partial charge on any atom is 0.251 e. The molecule has 5 nitrogen and oxygen atoms in total. The molecule has 2 aromatic rings. The Hall–Kier alpha value is -2.60. The van der Waals surface area contributed by atoms with E-state index in [0.29, 0.717) is 17.2 Å². The Morgan fingerprint density at radius 2 is 2.04 bits per heavy atom. The van der Waals surface area contributed by atoms with Crippen LogP contribution in [0.5, 0.6) is 5.75 Å². The molecule has 1 aromatic heterocycles. The number of benzene rings is 1. The number of nitrogens with one attached hydrogen (secondary N) is 1. The molecular formula is C20H22N2O3S. The van der Waals surface area contributed by atoms with Gasteiger partial charge in [-0.25, -0.2) is 0 Å². The molecule has 26 heavy (non-hydrogen) atoms. The molecule has 0 saturated heterocycles. The van der Waals surface area contributed by atoms with Gasteiger partial charge in [-0.2, -0.15) is 0 Å². The van der Waals surface area contributed by atoms with Crippen molar-refractivity contribution >= 4 is 34.2 Å². The highest BCUT2D eigenvalue weighted by atomic mass is 32.1. The van der Waals surface area contributed by atoms with Crippen molar-refractivity contribution in [1.82, 2.24) is 0 Å². The van der Waals surface area contributed by atoms with Gasteiger partial charge in [0.2, 0.25) is 5.91 Å². The Balaban J connectivity index is 1.66. The zero-order valence-electron chi connectivity index (χ0n) is 14.7. The molecule has 1 heterocycles. The number of anilines is 1. The van der Waals surface area contributed by atoms with E-state index in [4.69, 9.17) is 10.5 Å². The molecule has 136 valence electrons. The van der Waals surface area contributed by atoms with E-state index in [0.717, 1.165) is 47.4 Å². The van der Waals surface area contributed by atoms with E-state index in [-0.39, 0.29) is 5.91 Å². The van der Waals surface area contributed by atoms with Crippen LogP contribution < -0.4 is 15.8 Å². The molecule has 0 spiro atoms. The summed E-state index contributed by atoms with van der Waals surface area (Å²) < 4.78 is 5.53. The molecule has 2 amide bonds. The van der Waals surface area contributed by atoms with Crippen molar-refractivity contribution < 1.29 is 14.3 Å². The van der Waals surface area contributed by atoms with Gasteiger partial charge in [0.25, 0.3) is 5.91 Å². The van der Waals surface area contributed by atoms with Gasteiger partial charge in [0.15, 0.2) is 0 Å². The fraction of sp³-hybridized carbons (Fsp3) is 0.300. The molecule has 1 aliphatic carbocycles. The summed E-state index contributed by atoms with van der Waals surface area (Å²) in [6, 6.07) is 7.54. The van der Waals surface area contributed by atoms with Crippen LogP contribution in [-0.2, 0) is 17.6 Å². The minimum Gasteiger partial charge on any atom is -0.494 e. The van der Waals surface area contributed by atoms with Gasteiger partial charge >= 0.3 is 0 Å². The normalized spacial score (nSPS) is 13.0. The molecular weight excluding hydrogens is 348 g/mol. The van der Waals surface area contributed by atoms with Crippen LogP contribution in [0.25, 0.3) is 6.08 Å². The molecule has 1 aliphatic rings. The summed E-state index contributed by atoms with van der Waals surface area (Å²) >= 11 is 1.45. The van der Waals surface area contributed by atoms with Crippen LogP contribution in [0, 0.1) is 0 Å². The average molecular weight is 370 g/mol. The van der Waals surface area contributed by atoms with E-state index in [1.807, 2.05) is 24.3 Å². The Kier molecular flexibility index (Phi) is 5.73. The van der Waals surface area contributed by atoms with Crippen molar-refractivity contribution in [2.45, 2.75) is 32.6 Å². The van der Waals surface area contributed by atoms with Gasteiger partial charge in [0, 0.05) is 11.0 Å². The second kappa shape index (κ2) is 8.19. The highest BCUT2D eigenvalue weighted by Crippen LogP contribution is 2.38. The fourth-order valence-corrected chi connectivity index (χ4v) is 4.27. The van der Waals surface area contributed by atoms with E-state index < -0.39 is 5.91 Å². The number of nitrogens with two attached hydrogens (primary N) is 1. The summed E-state index contributed by atoms with van der Waals surface area (Å²) in [6.07, 6.45) is 6.97. The Bertz CT molecular complexity index is 837. The predicted molar refractivity (Wildman–Crippen MR) is 105 cm³/mol. The van der Waals surface area contributed by atoms with Crippen LogP contribution in [0.15, 0.2) is 30.3 Å². The number of ether oxygens (including phenoxy) is 1. The summed E-state index contributed by atoms with van der Waals surface area (Å²) in [4.78, 5) is 25.1. The second-order valence-electron chi connectivity index (χ2n) is 6.17. The first-order chi connectivity index (χ1) is 12.6. The molecule has 0 saturated carbocycles. The molecule has 3 N–H and O–H groups in total. The molecule has 0 radical (unpaired) electrons. The van der Waals surface area contributed by atoms with Crippen LogP contribution >= 0.6 is 11.3 Å². The lowest BCUT2D eigenvalue weighted by molar-refractivity contribution is -0.111. The third kappa shape index (κ3) is 4.14. The lowest BCUT2D eigenvalue weighted by atomic mass is 10.1. The van der Waals surface area contributed by atoms with E-state index >= 15 is 0 Å². The first kappa shape index (κ1) is 18.2. The SMILES string of the molecule is CCCOc1ccc(/C=C/C(=O)Nc2sc3c(c2C(N)=O)CCC3)cc1. The van der Waals surface area contributed by atoms with Crippen LogP contribution in [0.2, 0.25) is 0 Å². The van der Waals surface area contributed by atoms with Crippen molar-refractivity contribution in [2.24, 2.45) is 5.73 Å². The number of amides is 2. The van der Waals surface area contributed by atoms with Gasteiger partial charge in [-0.3, -0.25) is 9.59 Å². The zero-order valence-corrected chi connectivity index (χ0v) is 15.5. The number of carbonyl (C=O) groups is 2. The number of hydrogen-bond donors (Lipinski definition) is 2. The minimum atomic E-state index is -0.480. The summed E-state index contributed by atoms with van der Waals surface area (Å²) in [7, 11) is 0. The highest BCUT2D eigenvalue weighted by Gasteiger charge is 2.25. The van der Waals surface area contributed by atoms with Gasteiger partial charge in [0.1, 0.15) is 10.8 Å². The Morgan fingerprint density at radius 1 is 1.27 bits per heavy atom. The number of hydrogen-bond acceptors (Lipinski definition) is 4. The van der Waals surface area contributed by atoms with Crippen molar-refractivity contribution in [1.29, 1.82) is 0 Å². The Morgan fingerprint density at radius 3 is 2.73 bits per heavy atom. The maximum atomic E-state index is 12.2.